The molecule has 0 aliphatic carbocycles. The van der Waals surface area contributed by atoms with Crippen molar-refractivity contribution in [3.63, 3.8) is 0 Å². The number of pyridine rings is 1. The average Bonchev–Trinajstić information content (AvgIpc) is 2.94. The number of anilines is 1. The molecule has 0 fully saturated rings. The van der Waals surface area contributed by atoms with Crippen LogP contribution in [0.25, 0.3) is 0 Å². The number of nitrogens with two attached hydrogens (primary N) is 1. The highest BCUT2D eigenvalue weighted by molar-refractivity contribution is 5.97. The summed E-state index contributed by atoms with van der Waals surface area (Å²) in [6, 6.07) is 14.3. The van der Waals surface area contributed by atoms with Gasteiger partial charge in [-0.05, 0) is 81.3 Å². The third-order valence-electron chi connectivity index (χ3n) is 5.48. The lowest BCUT2D eigenvalue weighted by atomic mass is 10.0. The molecule has 0 bridgehead atoms. The van der Waals surface area contributed by atoms with E-state index in [-0.39, 0.29) is 17.6 Å². The number of nitrogen functional groups attached to an aromatic ring is 1. The van der Waals surface area contributed by atoms with Gasteiger partial charge in [0.1, 0.15) is 11.9 Å². The molecule has 2 aromatic carbocycles. The first-order chi connectivity index (χ1) is 19.2. The van der Waals surface area contributed by atoms with Crippen molar-refractivity contribution in [2.75, 3.05) is 18.5 Å². The van der Waals surface area contributed by atoms with Gasteiger partial charge in [0.05, 0.1) is 19.3 Å². The Morgan fingerprint density at radius 1 is 0.975 bits per heavy atom. The van der Waals surface area contributed by atoms with Gasteiger partial charge in [0.2, 0.25) is 0 Å². The van der Waals surface area contributed by atoms with Crippen LogP contribution in [0.3, 0.4) is 0 Å². The fourth-order valence-corrected chi connectivity index (χ4v) is 3.68. The van der Waals surface area contributed by atoms with Crippen LogP contribution in [-0.4, -0.2) is 42.0 Å². The van der Waals surface area contributed by atoms with Crippen LogP contribution in [-0.2, 0) is 4.79 Å². The molecule has 11 nitrogen and oxygen atoms in total. The number of carbonyl (C=O) groups is 2. The number of benzene rings is 2. The van der Waals surface area contributed by atoms with E-state index in [0.717, 1.165) is 6.42 Å². The van der Waals surface area contributed by atoms with Crippen molar-refractivity contribution >= 4 is 23.3 Å². The van der Waals surface area contributed by atoms with Crippen molar-refractivity contribution in [2.24, 2.45) is 5.73 Å². The van der Waals surface area contributed by atoms with E-state index in [1.165, 1.54) is 6.20 Å². The Hall–Kier alpha value is -4.80. The lowest BCUT2D eigenvalue weighted by molar-refractivity contribution is -0.122. The van der Waals surface area contributed by atoms with Crippen LogP contribution in [0.15, 0.2) is 60.8 Å². The van der Waals surface area contributed by atoms with Gasteiger partial charge in [0, 0.05) is 17.4 Å². The summed E-state index contributed by atoms with van der Waals surface area (Å²) in [5, 5.41) is 10.8. The number of rotatable bonds is 13. The minimum atomic E-state index is -0.949. The number of aromatic nitrogens is 1. The van der Waals surface area contributed by atoms with Crippen molar-refractivity contribution in [3.8, 4) is 17.2 Å². The summed E-state index contributed by atoms with van der Waals surface area (Å²) in [6.45, 7) is 8.46. The van der Waals surface area contributed by atoms with Crippen LogP contribution >= 0.6 is 0 Å². The molecule has 0 radical (unpaired) electrons. The van der Waals surface area contributed by atoms with E-state index in [0.29, 0.717) is 47.3 Å². The third kappa shape index (κ3) is 8.10. The molecule has 40 heavy (non-hydrogen) atoms. The Morgan fingerprint density at radius 3 is 2.38 bits per heavy atom. The first-order valence-electron chi connectivity index (χ1n) is 13.1. The topological polar surface area (TPSA) is 161 Å². The fourth-order valence-electron chi connectivity index (χ4n) is 3.68. The van der Waals surface area contributed by atoms with Crippen molar-refractivity contribution in [3.05, 3.63) is 77.6 Å². The van der Waals surface area contributed by atoms with E-state index in [4.69, 9.17) is 25.4 Å². The minimum absolute atomic E-state index is 0.0504. The van der Waals surface area contributed by atoms with E-state index in [2.05, 4.69) is 21.2 Å². The second-order valence-electron chi connectivity index (χ2n) is 9.02. The summed E-state index contributed by atoms with van der Waals surface area (Å²) in [6.07, 6.45) is 2.16. The van der Waals surface area contributed by atoms with Gasteiger partial charge in [0.15, 0.2) is 22.9 Å². The molecule has 0 aliphatic heterocycles. The average molecular weight is 549 g/mol. The first-order valence-corrected chi connectivity index (χ1v) is 13.1. The van der Waals surface area contributed by atoms with Crippen molar-refractivity contribution < 1.29 is 23.8 Å². The number of nitrogens with zero attached hydrogens (tertiary/aromatic N) is 1. The Balaban J connectivity index is 1.88. The van der Waals surface area contributed by atoms with E-state index in [9.17, 15) is 9.59 Å². The van der Waals surface area contributed by atoms with Crippen LogP contribution in [0.4, 0.5) is 5.69 Å². The standard InChI is InChI=1S/C29H36N6O5/c1-5-16-39-23-8-7-15-32-26(23)29(37)35-34-28(36)25(33-21-12-9-19(10-13-21)27(30)31)20-11-14-22(40-18(3)4)24(17-20)38-6-2/h7-15,17-18,25,33H,5-6,16H2,1-4H3,(H3,30,31)(H,34,36)(H,35,37). The molecule has 1 unspecified atom stereocenters. The zero-order valence-corrected chi connectivity index (χ0v) is 23.1. The number of hydrogen-bond acceptors (Lipinski definition) is 8. The number of hydrazine groups is 1. The molecule has 1 atom stereocenters. The smallest absolute Gasteiger partial charge is 0.292 e. The normalized spacial score (nSPS) is 11.3. The third-order valence-corrected chi connectivity index (χ3v) is 5.48. The summed E-state index contributed by atoms with van der Waals surface area (Å²) in [7, 11) is 0. The molecule has 0 saturated carbocycles. The van der Waals surface area contributed by atoms with E-state index >= 15 is 0 Å². The molecule has 3 aromatic rings. The molecular weight excluding hydrogens is 512 g/mol. The van der Waals surface area contributed by atoms with Gasteiger partial charge in [-0.25, -0.2) is 4.98 Å². The van der Waals surface area contributed by atoms with Crippen LogP contribution in [0, 0.1) is 5.41 Å². The SMILES string of the molecule is CCCOc1cccnc1C(=O)NNC(=O)C(Nc1ccc(C(=N)N)cc1)c1ccc(OC(C)C)c(OCC)c1. The number of nitrogens with one attached hydrogen (secondary N) is 4. The number of hydrogen-bond donors (Lipinski definition) is 5. The van der Waals surface area contributed by atoms with E-state index in [1.54, 1.807) is 54.6 Å². The van der Waals surface area contributed by atoms with Crippen molar-refractivity contribution in [2.45, 2.75) is 46.3 Å². The molecule has 212 valence electrons. The summed E-state index contributed by atoms with van der Waals surface area (Å²) in [5.41, 5.74) is 12.2. The second-order valence-corrected chi connectivity index (χ2v) is 9.02. The van der Waals surface area contributed by atoms with Gasteiger partial charge in [-0.1, -0.05) is 13.0 Å². The number of ether oxygens (including phenoxy) is 3. The van der Waals surface area contributed by atoms with Crippen molar-refractivity contribution in [1.29, 1.82) is 5.41 Å². The maximum Gasteiger partial charge on any atom is 0.292 e. The van der Waals surface area contributed by atoms with Crippen LogP contribution in [0.1, 0.15) is 61.8 Å². The first kappa shape index (κ1) is 29.8. The summed E-state index contributed by atoms with van der Waals surface area (Å²) in [5.74, 6) is 0.112. The molecule has 3 rings (SSSR count). The zero-order chi connectivity index (χ0) is 29.1. The largest absolute Gasteiger partial charge is 0.491 e. The molecule has 11 heteroatoms. The lowest BCUT2D eigenvalue weighted by Gasteiger charge is -2.22. The Bertz CT molecular complexity index is 1310. The molecule has 1 heterocycles. The molecule has 1 aromatic heterocycles. The van der Waals surface area contributed by atoms with Crippen LogP contribution < -0.4 is 36.1 Å². The van der Waals surface area contributed by atoms with Gasteiger partial charge < -0.3 is 25.3 Å². The fraction of sp³-hybridized carbons (Fsp3) is 0.310. The predicted octanol–water partition coefficient (Wildman–Crippen LogP) is 3.95. The van der Waals surface area contributed by atoms with Gasteiger partial charge >= 0.3 is 0 Å². The summed E-state index contributed by atoms with van der Waals surface area (Å²) >= 11 is 0. The quantitative estimate of drug-likeness (QED) is 0.122. The second kappa shape index (κ2) is 14.4. The molecule has 6 N–H and O–H groups in total. The molecule has 2 amide bonds. The van der Waals surface area contributed by atoms with E-state index < -0.39 is 17.9 Å². The van der Waals surface area contributed by atoms with E-state index in [1.807, 2.05) is 27.7 Å². The lowest BCUT2D eigenvalue weighted by Crippen LogP contribution is -2.45. The predicted molar refractivity (Wildman–Crippen MR) is 153 cm³/mol. The summed E-state index contributed by atoms with van der Waals surface area (Å²) < 4.78 is 17.3. The molecular formula is C29H36N6O5. The number of amidine groups is 1. The summed E-state index contributed by atoms with van der Waals surface area (Å²) in [4.78, 5) is 30.5. The molecule has 0 aliphatic rings. The Morgan fingerprint density at radius 2 is 1.73 bits per heavy atom. The maximum atomic E-state index is 13.5. The highest BCUT2D eigenvalue weighted by atomic mass is 16.5. The molecule has 0 saturated heterocycles. The maximum absolute atomic E-state index is 13.5. The van der Waals surface area contributed by atoms with Gasteiger partial charge in [-0.2, -0.15) is 0 Å². The highest BCUT2D eigenvalue weighted by Crippen LogP contribution is 2.33. The monoisotopic (exact) mass is 548 g/mol. The number of amides is 2. The Labute approximate surface area is 233 Å². The van der Waals surface area contributed by atoms with Gasteiger partial charge in [-0.3, -0.25) is 25.8 Å². The van der Waals surface area contributed by atoms with Gasteiger partial charge in [-0.15, -0.1) is 0 Å². The number of carbonyl (C=O) groups excluding carboxylic acids is 2. The zero-order valence-electron chi connectivity index (χ0n) is 23.1. The van der Waals surface area contributed by atoms with Crippen LogP contribution in [0.2, 0.25) is 0 Å². The highest BCUT2D eigenvalue weighted by Gasteiger charge is 2.24. The van der Waals surface area contributed by atoms with Gasteiger partial charge in [0.25, 0.3) is 11.8 Å². The minimum Gasteiger partial charge on any atom is -0.491 e. The van der Waals surface area contributed by atoms with Crippen molar-refractivity contribution in [1.82, 2.24) is 15.8 Å². The Kier molecular flexibility index (Phi) is 10.7. The molecule has 0 spiro atoms. The van der Waals surface area contributed by atoms with Crippen LogP contribution in [0.5, 0.6) is 17.2 Å².